The first-order valence-electron chi connectivity index (χ1n) is 8.73. The van der Waals surface area contributed by atoms with Gasteiger partial charge < -0.3 is 25.0 Å². The van der Waals surface area contributed by atoms with Gasteiger partial charge in [-0.3, -0.25) is 9.59 Å². The Labute approximate surface area is 156 Å². The normalized spacial score (nSPS) is 21.6. The fraction of sp³-hybridized carbons (Fsp3) is 0.444. The van der Waals surface area contributed by atoms with Crippen molar-refractivity contribution in [2.45, 2.75) is 38.5 Å². The van der Waals surface area contributed by atoms with Gasteiger partial charge in [0.25, 0.3) is 5.91 Å². The van der Waals surface area contributed by atoms with Crippen LogP contribution < -0.4 is 15.4 Å². The van der Waals surface area contributed by atoms with Crippen LogP contribution in [-0.2, 0) is 16.1 Å². The molecule has 0 bridgehead atoms. The van der Waals surface area contributed by atoms with Crippen molar-refractivity contribution in [3.05, 3.63) is 42.0 Å². The standard InChI is InChI=1S/C18H22N4O5/c1-11-20-16(22-27-11)9-19-18(25)12-7-14(15(23)8-12)21-17(24)10-26-13-5-3-2-4-6-13/h2-6,12,14-15,23H,7-10H2,1H3,(H,19,25)(H,21,24)/t12-,14+,15+/m0/s1. The molecule has 9 heteroatoms. The van der Waals surface area contributed by atoms with Crippen molar-refractivity contribution in [2.75, 3.05) is 6.61 Å². The lowest BCUT2D eigenvalue weighted by Crippen LogP contribution is -2.42. The zero-order valence-corrected chi connectivity index (χ0v) is 14.9. The summed E-state index contributed by atoms with van der Waals surface area (Å²) in [6, 6.07) is 8.50. The van der Waals surface area contributed by atoms with Gasteiger partial charge in [-0.2, -0.15) is 4.98 Å². The maximum absolute atomic E-state index is 12.3. The molecule has 3 atom stereocenters. The second kappa shape index (κ2) is 8.63. The van der Waals surface area contributed by atoms with E-state index in [4.69, 9.17) is 9.26 Å². The Morgan fingerprint density at radius 3 is 2.78 bits per heavy atom. The van der Waals surface area contributed by atoms with Gasteiger partial charge in [-0.1, -0.05) is 23.4 Å². The van der Waals surface area contributed by atoms with Gasteiger partial charge in [-0.15, -0.1) is 0 Å². The summed E-state index contributed by atoms with van der Waals surface area (Å²) in [4.78, 5) is 28.3. The molecule has 2 amide bonds. The third kappa shape index (κ3) is 5.27. The number of amides is 2. The number of aromatic nitrogens is 2. The second-order valence-electron chi connectivity index (χ2n) is 6.46. The summed E-state index contributed by atoms with van der Waals surface area (Å²) in [5.74, 6) is 0.459. The van der Waals surface area contributed by atoms with Crippen LogP contribution in [-0.4, -0.2) is 45.8 Å². The van der Waals surface area contributed by atoms with Gasteiger partial charge in [0.05, 0.1) is 18.7 Å². The summed E-state index contributed by atoms with van der Waals surface area (Å²) in [5.41, 5.74) is 0. The highest BCUT2D eigenvalue weighted by molar-refractivity contribution is 5.80. The number of ether oxygens (including phenoxy) is 1. The summed E-state index contributed by atoms with van der Waals surface area (Å²) in [6.45, 7) is 1.67. The number of nitrogens with zero attached hydrogens (tertiary/aromatic N) is 2. The Hall–Kier alpha value is -2.94. The van der Waals surface area contributed by atoms with Crippen molar-refractivity contribution in [3.63, 3.8) is 0 Å². The summed E-state index contributed by atoms with van der Waals surface area (Å²) in [6.07, 6.45) is -0.148. The van der Waals surface area contributed by atoms with Crippen molar-refractivity contribution >= 4 is 11.8 Å². The molecule has 2 aromatic rings. The van der Waals surface area contributed by atoms with Crippen LogP contribution in [0.1, 0.15) is 24.6 Å². The Morgan fingerprint density at radius 2 is 2.07 bits per heavy atom. The van der Waals surface area contributed by atoms with E-state index in [9.17, 15) is 14.7 Å². The monoisotopic (exact) mass is 374 g/mol. The molecule has 1 aromatic heterocycles. The van der Waals surface area contributed by atoms with Crippen molar-refractivity contribution in [3.8, 4) is 5.75 Å². The number of hydrogen-bond donors (Lipinski definition) is 3. The molecule has 1 aliphatic rings. The third-order valence-electron chi connectivity index (χ3n) is 4.35. The SMILES string of the molecule is Cc1nc(CNC(=O)[C@@H]2C[C@@H](O)[C@H](NC(=O)COc3ccccc3)C2)no1. The molecule has 9 nitrogen and oxygen atoms in total. The molecule has 144 valence electrons. The van der Waals surface area contributed by atoms with E-state index in [0.717, 1.165) is 0 Å². The van der Waals surface area contributed by atoms with Gasteiger partial charge in [0.1, 0.15) is 5.75 Å². The number of aliphatic hydroxyl groups is 1. The van der Waals surface area contributed by atoms with Gasteiger partial charge >= 0.3 is 0 Å². The van der Waals surface area contributed by atoms with Gasteiger partial charge in [-0.05, 0) is 25.0 Å². The molecule has 0 aliphatic heterocycles. The lowest BCUT2D eigenvalue weighted by molar-refractivity contribution is -0.126. The third-order valence-corrected chi connectivity index (χ3v) is 4.35. The molecule has 1 aliphatic carbocycles. The number of carbonyl (C=O) groups excluding carboxylic acids is 2. The summed E-state index contributed by atoms with van der Waals surface area (Å²) in [5, 5.41) is 19.3. The van der Waals surface area contributed by atoms with E-state index in [-0.39, 0.29) is 31.4 Å². The topological polar surface area (TPSA) is 127 Å². The summed E-state index contributed by atoms with van der Waals surface area (Å²) < 4.78 is 10.2. The Kier molecular flexibility index (Phi) is 6.02. The van der Waals surface area contributed by atoms with Crippen molar-refractivity contribution in [1.29, 1.82) is 0 Å². The fourth-order valence-electron chi connectivity index (χ4n) is 3.02. The highest BCUT2D eigenvalue weighted by Crippen LogP contribution is 2.26. The quantitative estimate of drug-likeness (QED) is 0.637. The van der Waals surface area contributed by atoms with E-state index in [2.05, 4.69) is 20.8 Å². The van der Waals surface area contributed by atoms with Gasteiger partial charge in [0.15, 0.2) is 12.4 Å². The molecule has 1 fully saturated rings. The van der Waals surface area contributed by atoms with Gasteiger partial charge in [0, 0.05) is 12.8 Å². The summed E-state index contributed by atoms with van der Waals surface area (Å²) in [7, 11) is 0. The van der Waals surface area contributed by atoms with Crippen LogP contribution in [0, 0.1) is 12.8 Å². The Bertz CT molecular complexity index is 779. The van der Waals surface area contributed by atoms with Crippen molar-refractivity contribution < 1.29 is 24.0 Å². The lowest BCUT2D eigenvalue weighted by atomic mass is 10.1. The molecular weight excluding hydrogens is 352 g/mol. The number of aliphatic hydroxyl groups excluding tert-OH is 1. The van der Waals surface area contributed by atoms with Gasteiger partial charge in [-0.25, -0.2) is 0 Å². The summed E-state index contributed by atoms with van der Waals surface area (Å²) >= 11 is 0. The van der Waals surface area contributed by atoms with Gasteiger partial charge in [0.2, 0.25) is 11.8 Å². The molecule has 1 aromatic carbocycles. The molecule has 1 heterocycles. The van der Waals surface area contributed by atoms with E-state index in [1.165, 1.54) is 0 Å². The molecule has 3 N–H and O–H groups in total. The van der Waals surface area contributed by atoms with E-state index < -0.39 is 18.1 Å². The zero-order chi connectivity index (χ0) is 19.2. The number of carbonyl (C=O) groups is 2. The Balaban J connectivity index is 1.43. The van der Waals surface area contributed by atoms with Crippen LogP contribution in [0.2, 0.25) is 0 Å². The number of benzene rings is 1. The first-order valence-corrected chi connectivity index (χ1v) is 8.73. The average Bonchev–Trinajstić information content (AvgIpc) is 3.24. The number of rotatable bonds is 7. The molecule has 27 heavy (non-hydrogen) atoms. The van der Waals surface area contributed by atoms with E-state index in [0.29, 0.717) is 23.9 Å². The van der Waals surface area contributed by atoms with Crippen molar-refractivity contribution in [2.24, 2.45) is 5.92 Å². The molecule has 1 saturated carbocycles. The molecule has 0 spiro atoms. The predicted octanol–water partition coefficient (Wildman–Crippen LogP) is 0.329. The van der Waals surface area contributed by atoms with E-state index in [1.54, 1.807) is 19.1 Å². The van der Waals surface area contributed by atoms with Crippen LogP contribution in [0.4, 0.5) is 0 Å². The highest BCUT2D eigenvalue weighted by Gasteiger charge is 2.37. The zero-order valence-electron chi connectivity index (χ0n) is 14.9. The van der Waals surface area contributed by atoms with Crippen LogP contribution in [0.3, 0.4) is 0 Å². The smallest absolute Gasteiger partial charge is 0.258 e. The molecule has 0 saturated heterocycles. The predicted molar refractivity (Wildman–Crippen MR) is 93.5 cm³/mol. The van der Waals surface area contributed by atoms with Crippen molar-refractivity contribution in [1.82, 2.24) is 20.8 Å². The Morgan fingerprint density at radius 1 is 1.30 bits per heavy atom. The minimum Gasteiger partial charge on any atom is -0.484 e. The fourth-order valence-corrected chi connectivity index (χ4v) is 3.02. The largest absolute Gasteiger partial charge is 0.484 e. The van der Waals surface area contributed by atoms with E-state index >= 15 is 0 Å². The van der Waals surface area contributed by atoms with Crippen LogP contribution >= 0.6 is 0 Å². The van der Waals surface area contributed by atoms with E-state index in [1.807, 2.05) is 18.2 Å². The maximum atomic E-state index is 12.3. The number of nitrogens with one attached hydrogen (secondary N) is 2. The maximum Gasteiger partial charge on any atom is 0.258 e. The average molecular weight is 374 g/mol. The molecule has 3 rings (SSSR count). The lowest BCUT2D eigenvalue weighted by Gasteiger charge is -2.16. The first kappa shape index (κ1) is 18.8. The number of aryl methyl sites for hydroxylation is 1. The molecule has 0 radical (unpaired) electrons. The van der Waals surface area contributed by atoms with Crippen LogP contribution in [0.5, 0.6) is 5.75 Å². The van der Waals surface area contributed by atoms with Crippen LogP contribution in [0.25, 0.3) is 0 Å². The van der Waals surface area contributed by atoms with Crippen LogP contribution in [0.15, 0.2) is 34.9 Å². The molecule has 0 unspecified atom stereocenters. The molecular formula is C18H22N4O5. The first-order chi connectivity index (χ1) is 13.0. The number of para-hydroxylation sites is 1. The minimum atomic E-state index is -0.783. The second-order valence-corrected chi connectivity index (χ2v) is 6.46. The number of hydrogen-bond acceptors (Lipinski definition) is 7. The highest BCUT2D eigenvalue weighted by atomic mass is 16.5. The minimum absolute atomic E-state index is 0.152.